The molecule has 176 valence electrons. The Bertz CT molecular complexity index is 1110. The van der Waals surface area contributed by atoms with Crippen molar-refractivity contribution in [1.82, 2.24) is 9.80 Å². The fraction of sp³-hybridized carbons (Fsp3) is 0.286. The average molecular weight is 457 g/mol. The molecule has 1 atom stereocenters. The van der Waals surface area contributed by atoms with Crippen LogP contribution in [0.25, 0.3) is 11.1 Å². The fourth-order valence-corrected chi connectivity index (χ4v) is 4.21. The largest absolute Gasteiger partial charge is 0.325 e. The Labute approximate surface area is 201 Å². The van der Waals surface area contributed by atoms with Gasteiger partial charge in [0.05, 0.1) is 12.6 Å². The topological polar surface area (TPSA) is 64.7 Å². The first-order valence-corrected chi connectivity index (χ1v) is 11.8. The molecule has 0 aliphatic carbocycles. The number of anilines is 2. The fourth-order valence-electron chi connectivity index (χ4n) is 4.21. The summed E-state index contributed by atoms with van der Waals surface area (Å²) in [5, 5.41) is 6.08. The van der Waals surface area contributed by atoms with Crippen LogP contribution >= 0.6 is 0 Å². The number of amides is 2. The van der Waals surface area contributed by atoms with E-state index in [2.05, 4.69) is 20.4 Å². The Hall–Kier alpha value is -3.48. The van der Waals surface area contributed by atoms with Gasteiger partial charge in [-0.2, -0.15) is 0 Å². The van der Waals surface area contributed by atoms with E-state index in [1.54, 1.807) is 0 Å². The van der Waals surface area contributed by atoms with Crippen LogP contribution in [0.4, 0.5) is 11.4 Å². The van der Waals surface area contributed by atoms with Gasteiger partial charge >= 0.3 is 0 Å². The zero-order valence-electron chi connectivity index (χ0n) is 19.8. The zero-order valence-corrected chi connectivity index (χ0v) is 19.8. The lowest BCUT2D eigenvalue weighted by Crippen LogP contribution is -2.53. The van der Waals surface area contributed by atoms with Gasteiger partial charge in [-0.15, -0.1) is 0 Å². The number of hydrogen-bond donors (Lipinski definition) is 2. The highest BCUT2D eigenvalue weighted by atomic mass is 16.2. The molecule has 1 aliphatic rings. The van der Waals surface area contributed by atoms with Gasteiger partial charge in [-0.1, -0.05) is 66.2 Å². The molecular weight excluding hydrogens is 424 g/mol. The normalized spacial score (nSPS) is 15.5. The number of rotatable bonds is 7. The number of benzene rings is 3. The van der Waals surface area contributed by atoms with E-state index in [1.807, 2.05) is 92.7 Å². The summed E-state index contributed by atoms with van der Waals surface area (Å²) in [5.41, 5.74) is 4.87. The van der Waals surface area contributed by atoms with Crippen molar-refractivity contribution in [2.75, 3.05) is 43.4 Å². The minimum absolute atomic E-state index is 0.0133. The van der Waals surface area contributed by atoms with Crippen LogP contribution < -0.4 is 10.6 Å². The molecule has 6 nitrogen and oxygen atoms in total. The highest BCUT2D eigenvalue weighted by Gasteiger charge is 2.26. The van der Waals surface area contributed by atoms with Crippen LogP contribution in [0, 0.1) is 6.92 Å². The van der Waals surface area contributed by atoms with Crippen LogP contribution in [0.2, 0.25) is 0 Å². The predicted octanol–water partition coefficient (Wildman–Crippen LogP) is 4.25. The van der Waals surface area contributed by atoms with Crippen LogP contribution in [0.3, 0.4) is 0 Å². The molecule has 1 heterocycles. The van der Waals surface area contributed by atoms with Gasteiger partial charge in [-0.05, 0) is 37.6 Å². The van der Waals surface area contributed by atoms with Gasteiger partial charge < -0.3 is 10.6 Å². The lowest BCUT2D eigenvalue weighted by molar-refractivity contribution is -0.122. The van der Waals surface area contributed by atoms with E-state index in [9.17, 15) is 9.59 Å². The molecule has 0 radical (unpaired) electrons. The molecule has 1 saturated heterocycles. The van der Waals surface area contributed by atoms with Gasteiger partial charge in [0.1, 0.15) is 0 Å². The maximum Gasteiger partial charge on any atom is 0.241 e. The molecule has 4 rings (SSSR count). The van der Waals surface area contributed by atoms with Crippen molar-refractivity contribution in [3.05, 3.63) is 84.4 Å². The summed E-state index contributed by atoms with van der Waals surface area (Å²) in [6.45, 7) is 7.31. The predicted molar refractivity (Wildman–Crippen MR) is 138 cm³/mol. The number of para-hydroxylation sites is 1. The number of nitrogens with one attached hydrogen (secondary N) is 2. The SMILES string of the molecule is Cc1ccc(NC(=O)CN2CCN(C(C)C(=O)Nc3ccccc3-c3ccccc3)CC2)cc1. The molecule has 1 unspecified atom stereocenters. The number of aryl methyl sites for hydroxylation is 1. The first-order chi connectivity index (χ1) is 16.5. The standard InChI is InChI=1S/C28H32N4O2/c1-21-12-14-24(15-13-21)29-27(33)20-31-16-18-32(19-17-31)22(2)28(34)30-26-11-7-6-10-25(26)23-8-4-3-5-9-23/h3-15,22H,16-20H2,1-2H3,(H,29,33)(H,30,34). The average Bonchev–Trinajstić information content (AvgIpc) is 2.86. The molecule has 2 N–H and O–H groups in total. The van der Waals surface area contributed by atoms with E-state index < -0.39 is 0 Å². The second kappa shape index (κ2) is 11.1. The van der Waals surface area contributed by atoms with Gasteiger partial charge in [-0.3, -0.25) is 19.4 Å². The number of carbonyl (C=O) groups excluding carboxylic acids is 2. The highest BCUT2D eigenvalue weighted by Crippen LogP contribution is 2.27. The summed E-state index contributed by atoms with van der Waals surface area (Å²) < 4.78 is 0. The molecule has 34 heavy (non-hydrogen) atoms. The van der Waals surface area contributed by atoms with Crippen molar-refractivity contribution < 1.29 is 9.59 Å². The zero-order chi connectivity index (χ0) is 23.9. The Morgan fingerprint density at radius 3 is 2.18 bits per heavy atom. The van der Waals surface area contributed by atoms with Crippen LogP contribution in [-0.4, -0.2) is 60.4 Å². The van der Waals surface area contributed by atoms with E-state index in [-0.39, 0.29) is 17.9 Å². The quantitative estimate of drug-likeness (QED) is 0.558. The van der Waals surface area contributed by atoms with Gasteiger partial charge in [0.2, 0.25) is 11.8 Å². The second-order valence-corrected chi connectivity index (χ2v) is 8.80. The first-order valence-electron chi connectivity index (χ1n) is 11.8. The molecule has 1 aliphatic heterocycles. The minimum Gasteiger partial charge on any atom is -0.325 e. The van der Waals surface area contributed by atoms with E-state index >= 15 is 0 Å². The third-order valence-corrected chi connectivity index (χ3v) is 6.31. The molecule has 3 aromatic rings. The molecule has 2 amide bonds. The number of carbonyl (C=O) groups is 2. The highest BCUT2D eigenvalue weighted by molar-refractivity contribution is 5.98. The van der Waals surface area contributed by atoms with E-state index in [0.29, 0.717) is 6.54 Å². The third kappa shape index (κ3) is 6.10. The molecule has 0 saturated carbocycles. The first kappa shape index (κ1) is 23.7. The summed E-state index contributed by atoms with van der Waals surface area (Å²) in [7, 11) is 0. The Balaban J connectivity index is 1.28. The number of piperazine rings is 1. The summed E-state index contributed by atoms with van der Waals surface area (Å²) in [6, 6.07) is 25.5. The van der Waals surface area contributed by atoms with E-state index in [0.717, 1.165) is 54.2 Å². The molecular formula is C28H32N4O2. The Morgan fingerprint density at radius 1 is 0.824 bits per heavy atom. The lowest BCUT2D eigenvalue weighted by Gasteiger charge is -2.37. The summed E-state index contributed by atoms with van der Waals surface area (Å²) >= 11 is 0. The summed E-state index contributed by atoms with van der Waals surface area (Å²) in [6.07, 6.45) is 0. The maximum atomic E-state index is 13.1. The van der Waals surface area contributed by atoms with E-state index in [1.165, 1.54) is 0 Å². The summed E-state index contributed by atoms with van der Waals surface area (Å²) in [5.74, 6) is -0.0328. The second-order valence-electron chi connectivity index (χ2n) is 8.80. The van der Waals surface area contributed by atoms with Crippen molar-refractivity contribution in [2.45, 2.75) is 19.9 Å². The van der Waals surface area contributed by atoms with Gasteiger partial charge in [0, 0.05) is 43.1 Å². The van der Waals surface area contributed by atoms with Gasteiger partial charge in [-0.25, -0.2) is 0 Å². The summed E-state index contributed by atoms with van der Waals surface area (Å²) in [4.78, 5) is 29.8. The van der Waals surface area contributed by atoms with Crippen LogP contribution in [0.15, 0.2) is 78.9 Å². The third-order valence-electron chi connectivity index (χ3n) is 6.31. The minimum atomic E-state index is -0.257. The van der Waals surface area contributed by atoms with Gasteiger partial charge in [0.25, 0.3) is 0 Å². The molecule has 0 bridgehead atoms. The number of nitrogens with zero attached hydrogens (tertiary/aromatic N) is 2. The van der Waals surface area contributed by atoms with Crippen molar-refractivity contribution in [3.63, 3.8) is 0 Å². The van der Waals surface area contributed by atoms with Crippen LogP contribution in [0.1, 0.15) is 12.5 Å². The van der Waals surface area contributed by atoms with Crippen molar-refractivity contribution in [3.8, 4) is 11.1 Å². The number of hydrogen-bond acceptors (Lipinski definition) is 4. The Kier molecular flexibility index (Phi) is 7.72. The molecule has 1 fully saturated rings. The van der Waals surface area contributed by atoms with Crippen LogP contribution in [-0.2, 0) is 9.59 Å². The lowest BCUT2D eigenvalue weighted by atomic mass is 10.0. The smallest absolute Gasteiger partial charge is 0.241 e. The van der Waals surface area contributed by atoms with Gasteiger partial charge in [0.15, 0.2) is 0 Å². The van der Waals surface area contributed by atoms with Crippen LogP contribution in [0.5, 0.6) is 0 Å². The molecule has 0 aromatic heterocycles. The van der Waals surface area contributed by atoms with Crippen molar-refractivity contribution in [1.29, 1.82) is 0 Å². The van der Waals surface area contributed by atoms with E-state index in [4.69, 9.17) is 0 Å². The monoisotopic (exact) mass is 456 g/mol. The molecule has 3 aromatic carbocycles. The molecule has 6 heteroatoms. The van der Waals surface area contributed by atoms with Crippen molar-refractivity contribution in [2.24, 2.45) is 0 Å². The molecule has 0 spiro atoms. The Morgan fingerprint density at radius 2 is 1.47 bits per heavy atom. The maximum absolute atomic E-state index is 13.1. The van der Waals surface area contributed by atoms with Crippen molar-refractivity contribution >= 4 is 23.2 Å².